The van der Waals surface area contributed by atoms with Crippen molar-refractivity contribution >= 4 is 17.7 Å². The first-order valence-electron chi connectivity index (χ1n) is 6.04. The molecule has 0 saturated heterocycles. The van der Waals surface area contributed by atoms with Crippen LogP contribution >= 0.6 is 0 Å². The number of hydrogen-bond acceptors (Lipinski definition) is 4. The molecule has 0 bridgehead atoms. The highest BCUT2D eigenvalue weighted by Crippen LogP contribution is 2.14. The van der Waals surface area contributed by atoms with Gasteiger partial charge in [0.2, 0.25) is 0 Å². The molecule has 108 valence electrons. The standard InChI is InChI=1S/C14H13N3O4/c1-2-8-21-14(20)15-10-4-3-5-11(9-10)17-7-6-12(16-17)13(18)19/h2-7,9H,1,8H2,(H,15,20)(H,18,19). The number of carboxylic acid groups (broad SMARTS) is 1. The lowest BCUT2D eigenvalue weighted by atomic mass is 10.3. The predicted octanol–water partition coefficient (Wildman–Crippen LogP) is 2.30. The molecule has 2 N–H and O–H groups in total. The number of nitrogens with one attached hydrogen (secondary N) is 1. The number of aromatic nitrogens is 2. The van der Waals surface area contributed by atoms with Crippen LogP contribution in [0.25, 0.3) is 5.69 Å². The first kappa shape index (κ1) is 14.3. The fourth-order valence-electron chi connectivity index (χ4n) is 1.60. The third-order valence-corrected chi connectivity index (χ3v) is 2.50. The van der Waals surface area contributed by atoms with Crippen LogP contribution in [0.15, 0.2) is 49.2 Å². The zero-order valence-electron chi connectivity index (χ0n) is 11.0. The molecule has 2 rings (SSSR count). The number of benzene rings is 1. The molecule has 2 aromatic rings. The van der Waals surface area contributed by atoms with Crippen molar-refractivity contribution in [2.24, 2.45) is 0 Å². The molecule has 7 heteroatoms. The Hall–Kier alpha value is -3.09. The Kier molecular flexibility index (Phi) is 4.35. The molecule has 0 aliphatic carbocycles. The minimum atomic E-state index is -1.10. The molecule has 0 spiro atoms. The van der Waals surface area contributed by atoms with E-state index in [1.54, 1.807) is 24.3 Å². The van der Waals surface area contributed by atoms with E-state index in [9.17, 15) is 9.59 Å². The summed E-state index contributed by atoms with van der Waals surface area (Å²) in [5.74, 6) is -1.10. The highest BCUT2D eigenvalue weighted by molar-refractivity contribution is 5.85. The number of rotatable bonds is 5. The van der Waals surface area contributed by atoms with Gasteiger partial charge in [-0.15, -0.1) is 0 Å². The Morgan fingerprint density at radius 2 is 2.24 bits per heavy atom. The van der Waals surface area contributed by atoms with E-state index in [-0.39, 0.29) is 12.3 Å². The van der Waals surface area contributed by atoms with Gasteiger partial charge >= 0.3 is 12.1 Å². The summed E-state index contributed by atoms with van der Waals surface area (Å²) in [5.41, 5.74) is 1.07. The van der Waals surface area contributed by atoms with Crippen molar-refractivity contribution in [1.29, 1.82) is 0 Å². The molecular formula is C14H13N3O4. The lowest BCUT2D eigenvalue weighted by Crippen LogP contribution is -2.13. The van der Waals surface area contributed by atoms with Crippen molar-refractivity contribution < 1.29 is 19.4 Å². The van der Waals surface area contributed by atoms with E-state index in [0.717, 1.165) is 0 Å². The van der Waals surface area contributed by atoms with Gasteiger partial charge in [-0.3, -0.25) is 5.32 Å². The maximum Gasteiger partial charge on any atom is 0.411 e. The molecule has 1 amide bonds. The second-order valence-corrected chi connectivity index (χ2v) is 4.01. The summed E-state index contributed by atoms with van der Waals surface area (Å²) in [6.07, 6.45) is 2.39. The number of nitrogens with zero attached hydrogens (tertiary/aromatic N) is 2. The van der Waals surface area contributed by atoms with Gasteiger partial charge in [-0.25, -0.2) is 14.3 Å². The second-order valence-electron chi connectivity index (χ2n) is 4.01. The van der Waals surface area contributed by atoms with Crippen LogP contribution in [0.4, 0.5) is 10.5 Å². The van der Waals surface area contributed by atoms with Crippen LogP contribution in [0, 0.1) is 0 Å². The molecule has 0 unspecified atom stereocenters. The van der Waals surface area contributed by atoms with Crippen LogP contribution in [0.3, 0.4) is 0 Å². The number of carbonyl (C=O) groups excluding carboxylic acids is 1. The van der Waals surface area contributed by atoms with Crippen LogP contribution in [0.1, 0.15) is 10.5 Å². The summed E-state index contributed by atoms with van der Waals surface area (Å²) in [6, 6.07) is 8.16. The van der Waals surface area contributed by atoms with Crippen LogP contribution < -0.4 is 5.32 Å². The molecular weight excluding hydrogens is 274 g/mol. The van der Waals surface area contributed by atoms with E-state index in [4.69, 9.17) is 9.84 Å². The van der Waals surface area contributed by atoms with Gasteiger partial charge in [0.25, 0.3) is 0 Å². The average Bonchev–Trinajstić information content (AvgIpc) is 2.95. The van der Waals surface area contributed by atoms with Crippen molar-refractivity contribution in [2.75, 3.05) is 11.9 Å². The van der Waals surface area contributed by atoms with Crippen LogP contribution in [-0.2, 0) is 4.74 Å². The highest BCUT2D eigenvalue weighted by Gasteiger charge is 2.08. The van der Waals surface area contributed by atoms with Crippen LogP contribution in [0.2, 0.25) is 0 Å². The monoisotopic (exact) mass is 287 g/mol. The number of aromatic carboxylic acids is 1. The van der Waals surface area contributed by atoms with Gasteiger partial charge in [0, 0.05) is 11.9 Å². The smallest absolute Gasteiger partial charge is 0.411 e. The summed E-state index contributed by atoms with van der Waals surface area (Å²) in [5, 5.41) is 15.3. The number of carbonyl (C=O) groups is 2. The van der Waals surface area contributed by atoms with Crippen molar-refractivity contribution in [2.45, 2.75) is 0 Å². The minimum Gasteiger partial charge on any atom is -0.476 e. The normalized spacial score (nSPS) is 9.90. The van der Waals surface area contributed by atoms with Gasteiger partial charge in [-0.2, -0.15) is 5.10 Å². The Balaban J connectivity index is 2.14. The molecule has 7 nitrogen and oxygen atoms in total. The fourth-order valence-corrected chi connectivity index (χ4v) is 1.60. The minimum absolute atomic E-state index is 0.0567. The van der Waals surface area contributed by atoms with E-state index < -0.39 is 12.1 Å². The number of carboxylic acids is 1. The van der Waals surface area contributed by atoms with E-state index in [2.05, 4.69) is 17.0 Å². The molecule has 1 heterocycles. The van der Waals surface area contributed by atoms with Crippen molar-refractivity contribution in [1.82, 2.24) is 9.78 Å². The molecule has 21 heavy (non-hydrogen) atoms. The van der Waals surface area contributed by atoms with Gasteiger partial charge in [0.05, 0.1) is 5.69 Å². The van der Waals surface area contributed by atoms with Gasteiger partial charge in [-0.1, -0.05) is 18.7 Å². The number of hydrogen-bond donors (Lipinski definition) is 2. The van der Waals surface area contributed by atoms with E-state index in [1.165, 1.54) is 23.0 Å². The fraction of sp³-hybridized carbons (Fsp3) is 0.0714. The summed E-state index contributed by atoms with van der Waals surface area (Å²) < 4.78 is 6.21. The molecule has 1 aromatic heterocycles. The number of amides is 1. The topological polar surface area (TPSA) is 93.5 Å². The zero-order chi connectivity index (χ0) is 15.2. The first-order chi connectivity index (χ1) is 10.1. The van der Waals surface area contributed by atoms with Crippen molar-refractivity contribution in [3.05, 3.63) is 54.9 Å². The Morgan fingerprint density at radius 1 is 1.43 bits per heavy atom. The predicted molar refractivity (Wildman–Crippen MR) is 75.7 cm³/mol. The second kappa shape index (κ2) is 6.38. The van der Waals surface area contributed by atoms with Gasteiger partial charge in [0.1, 0.15) is 6.61 Å². The Morgan fingerprint density at radius 3 is 2.90 bits per heavy atom. The van der Waals surface area contributed by atoms with E-state index in [1.807, 2.05) is 0 Å². The quantitative estimate of drug-likeness (QED) is 0.823. The molecule has 0 aliphatic rings. The van der Waals surface area contributed by atoms with Gasteiger partial charge in [-0.05, 0) is 24.3 Å². The van der Waals surface area contributed by atoms with Gasteiger partial charge < -0.3 is 9.84 Å². The van der Waals surface area contributed by atoms with Gasteiger partial charge in [0.15, 0.2) is 5.69 Å². The lowest BCUT2D eigenvalue weighted by Gasteiger charge is -2.07. The molecule has 0 fully saturated rings. The SMILES string of the molecule is C=CCOC(=O)Nc1cccc(-n2ccc(C(=O)O)n2)c1. The molecule has 0 saturated carbocycles. The van der Waals surface area contributed by atoms with E-state index >= 15 is 0 Å². The van der Waals surface area contributed by atoms with Crippen molar-refractivity contribution in [3.8, 4) is 5.69 Å². The van der Waals surface area contributed by atoms with Crippen LogP contribution in [0.5, 0.6) is 0 Å². The van der Waals surface area contributed by atoms with Crippen LogP contribution in [-0.4, -0.2) is 33.6 Å². The maximum absolute atomic E-state index is 11.4. The maximum atomic E-state index is 11.4. The number of ether oxygens (including phenoxy) is 1. The lowest BCUT2D eigenvalue weighted by molar-refractivity contribution is 0.0690. The zero-order valence-corrected chi connectivity index (χ0v) is 11.0. The molecule has 1 aromatic carbocycles. The molecule has 0 atom stereocenters. The summed E-state index contributed by atoms with van der Waals surface area (Å²) in [6.45, 7) is 3.56. The first-order valence-corrected chi connectivity index (χ1v) is 6.04. The number of anilines is 1. The largest absolute Gasteiger partial charge is 0.476 e. The Bertz CT molecular complexity index is 678. The third kappa shape index (κ3) is 3.69. The van der Waals surface area contributed by atoms with Crippen molar-refractivity contribution in [3.63, 3.8) is 0 Å². The summed E-state index contributed by atoms with van der Waals surface area (Å²) >= 11 is 0. The highest BCUT2D eigenvalue weighted by atomic mass is 16.5. The Labute approximate surface area is 120 Å². The molecule has 0 aliphatic heterocycles. The summed E-state index contributed by atoms with van der Waals surface area (Å²) in [4.78, 5) is 22.2. The molecule has 0 radical (unpaired) electrons. The van der Waals surface area contributed by atoms with E-state index in [0.29, 0.717) is 11.4 Å². The summed E-state index contributed by atoms with van der Waals surface area (Å²) in [7, 11) is 0. The third-order valence-electron chi connectivity index (χ3n) is 2.50. The average molecular weight is 287 g/mol.